The molecular weight excluding hydrogens is 283 g/mol. The molecule has 0 saturated heterocycles. The van der Waals surface area contributed by atoms with Crippen molar-refractivity contribution in [2.24, 2.45) is 0 Å². The SMILES string of the molecule is CC(Oc1ccc(N)c(N)c1)c1c(Cl)cccc1Cl. The molecule has 5 heteroatoms. The van der Waals surface area contributed by atoms with Gasteiger partial charge in [-0.15, -0.1) is 0 Å². The summed E-state index contributed by atoms with van der Waals surface area (Å²) >= 11 is 12.3. The van der Waals surface area contributed by atoms with E-state index in [0.29, 0.717) is 27.2 Å². The van der Waals surface area contributed by atoms with Crippen molar-refractivity contribution in [3.63, 3.8) is 0 Å². The summed E-state index contributed by atoms with van der Waals surface area (Å²) in [5, 5.41) is 1.15. The monoisotopic (exact) mass is 296 g/mol. The number of hydrogen-bond donors (Lipinski definition) is 2. The minimum atomic E-state index is -0.288. The lowest BCUT2D eigenvalue weighted by Crippen LogP contribution is -2.05. The van der Waals surface area contributed by atoms with Crippen molar-refractivity contribution in [3.05, 3.63) is 52.0 Å². The Labute approximate surface area is 122 Å². The van der Waals surface area contributed by atoms with Crippen LogP contribution in [0, 0.1) is 0 Å². The lowest BCUT2D eigenvalue weighted by Gasteiger charge is -2.18. The highest BCUT2D eigenvalue weighted by Gasteiger charge is 2.15. The number of halogens is 2. The van der Waals surface area contributed by atoms with Crippen LogP contribution in [0.1, 0.15) is 18.6 Å². The van der Waals surface area contributed by atoms with Gasteiger partial charge in [0, 0.05) is 21.7 Å². The van der Waals surface area contributed by atoms with Gasteiger partial charge >= 0.3 is 0 Å². The average Bonchev–Trinajstić information content (AvgIpc) is 2.33. The van der Waals surface area contributed by atoms with Crippen molar-refractivity contribution in [2.75, 3.05) is 11.5 Å². The zero-order chi connectivity index (χ0) is 14.0. The number of anilines is 2. The van der Waals surface area contributed by atoms with Crippen molar-refractivity contribution in [3.8, 4) is 5.75 Å². The van der Waals surface area contributed by atoms with Crippen LogP contribution in [0.15, 0.2) is 36.4 Å². The van der Waals surface area contributed by atoms with Gasteiger partial charge in [-0.05, 0) is 31.2 Å². The molecule has 0 amide bonds. The van der Waals surface area contributed by atoms with E-state index in [0.717, 1.165) is 5.56 Å². The zero-order valence-electron chi connectivity index (χ0n) is 10.4. The summed E-state index contributed by atoms with van der Waals surface area (Å²) in [4.78, 5) is 0. The van der Waals surface area contributed by atoms with Crippen LogP contribution < -0.4 is 16.2 Å². The molecule has 19 heavy (non-hydrogen) atoms. The standard InChI is InChI=1S/C14H14Cl2N2O/c1-8(14-10(15)3-2-4-11(14)16)19-9-5-6-12(17)13(18)7-9/h2-8H,17-18H2,1H3. The number of benzene rings is 2. The van der Waals surface area contributed by atoms with Gasteiger partial charge in [0.2, 0.25) is 0 Å². The van der Waals surface area contributed by atoms with Gasteiger partial charge in [-0.3, -0.25) is 0 Å². The Morgan fingerprint density at radius 1 is 1.00 bits per heavy atom. The maximum atomic E-state index is 6.14. The summed E-state index contributed by atoms with van der Waals surface area (Å²) in [5.74, 6) is 0.621. The molecule has 3 nitrogen and oxygen atoms in total. The van der Waals surface area contributed by atoms with Crippen molar-refractivity contribution in [1.29, 1.82) is 0 Å². The van der Waals surface area contributed by atoms with Crippen LogP contribution in [0.25, 0.3) is 0 Å². The number of hydrogen-bond acceptors (Lipinski definition) is 3. The normalized spacial score (nSPS) is 12.2. The fourth-order valence-electron chi connectivity index (χ4n) is 1.79. The minimum absolute atomic E-state index is 0.288. The third-order valence-corrected chi connectivity index (χ3v) is 3.44. The zero-order valence-corrected chi connectivity index (χ0v) is 11.9. The lowest BCUT2D eigenvalue weighted by atomic mass is 10.1. The maximum Gasteiger partial charge on any atom is 0.124 e. The Balaban J connectivity index is 2.25. The molecule has 0 aliphatic rings. The Morgan fingerprint density at radius 3 is 2.21 bits per heavy atom. The first kappa shape index (κ1) is 13.8. The van der Waals surface area contributed by atoms with E-state index in [2.05, 4.69) is 0 Å². The highest BCUT2D eigenvalue weighted by Crippen LogP contribution is 2.33. The first-order chi connectivity index (χ1) is 8.99. The molecule has 1 unspecified atom stereocenters. The molecule has 0 spiro atoms. The molecule has 0 heterocycles. The second-order valence-corrected chi connectivity index (χ2v) is 5.00. The van der Waals surface area contributed by atoms with Gasteiger partial charge in [0.05, 0.1) is 11.4 Å². The highest BCUT2D eigenvalue weighted by atomic mass is 35.5. The molecule has 0 aliphatic heterocycles. The summed E-state index contributed by atoms with van der Waals surface area (Å²) in [6.07, 6.45) is -0.288. The predicted octanol–water partition coefficient (Wildman–Crippen LogP) is 4.30. The molecule has 0 aromatic heterocycles. The van der Waals surface area contributed by atoms with E-state index in [9.17, 15) is 0 Å². The number of nitrogens with two attached hydrogens (primary N) is 2. The van der Waals surface area contributed by atoms with Gasteiger partial charge in [-0.1, -0.05) is 29.3 Å². The second-order valence-electron chi connectivity index (χ2n) is 4.19. The molecular formula is C14H14Cl2N2O. The Bertz CT molecular complexity index is 582. The third kappa shape index (κ3) is 3.06. The summed E-state index contributed by atoms with van der Waals surface area (Å²) in [6, 6.07) is 10.5. The van der Waals surface area contributed by atoms with E-state index in [1.807, 2.05) is 6.92 Å². The molecule has 0 saturated carbocycles. The van der Waals surface area contributed by atoms with Gasteiger partial charge in [-0.2, -0.15) is 0 Å². The quantitative estimate of drug-likeness (QED) is 0.830. The van der Waals surface area contributed by atoms with Gasteiger partial charge in [0.1, 0.15) is 11.9 Å². The first-order valence-electron chi connectivity index (χ1n) is 5.74. The van der Waals surface area contributed by atoms with Gasteiger partial charge < -0.3 is 16.2 Å². The molecule has 2 rings (SSSR count). The van der Waals surface area contributed by atoms with Crippen LogP contribution >= 0.6 is 23.2 Å². The highest BCUT2D eigenvalue weighted by molar-refractivity contribution is 6.36. The Hall–Kier alpha value is -1.58. The molecule has 0 radical (unpaired) electrons. The summed E-state index contributed by atoms with van der Waals surface area (Å²) < 4.78 is 5.79. The Morgan fingerprint density at radius 2 is 1.63 bits per heavy atom. The van der Waals surface area contributed by atoms with Crippen LogP contribution in [-0.2, 0) is 0 Å². The number of nitrogen functional groups attached to an aromatic ring is 2. The van der Waals surface area contributed by atoms with E-state index in [4.69, 9.17) is 39.4 Å². The molecule has 0 fully saturated rings. The van der Waals surface area contributed by atoms with E-state index in [-0.39, 0.29) is 6.10 Å². The number of rotatable bonds is 3. The molecule has 4 N–H and O–H groups in total. The van der Waals surface area contributed by atoms with E-state index >= 15 is 0 Å². The second kappa shape index (κ2) is 5.59. The summed E-state index contributed by atoms with van der Waals surface area (Å²) in [7, 11) is 0. The molecule has 2 aromatic carbocycles. The largest absolute Gasteiger partial charge is 0.486 e. The number of ether oxygens (including phenoxy) is 1. The minimum Gasteiger partial charge on any atom is -0.486 e. The smallest absolute Gasteiger partial charge is 0.124 e. The van der Waals surface area contributed by atoms with Crippen LogP contribution in [0.5, 0.6) is 5.75 Å². The molecule has 0 aliphatic carbocycles. The fraction of sp³-hybridized carbons (Fsp3) is 0.143. The predicted molar refractivity (Wildman–Crippen MR) is 80.8 cm³/mol. The van der Waals surface area contributed by atoms with Crippen LogP contribution in [0.3, 0.4) is 0 Å². The van der Waals surface area contributed by atoms with E-state index < -0.39 is 0 Å². The van der Waals surface area contributed by atoms with Crippen molar-refractivity contribution in [1.82, 2.24) is 0 Å². The van der Waals surface area contributed by atoms with Gasteiger partial charge in [-0.25, -0.2) is 0 Å². The van der Waals surface area contributed by atoms with Gasteiger partial charge in [0.15, 0.2) is 0 Å². The molecule has 100 valence electrons. The van der Waals surface area contributed by atoms with E-state index in [1.54, 1.807) is 36.4 Å². The van der Waals surface area contributed by atoms with Crippen molar-refractivity contribution in [2.45, 2.75) is 13.0 Å². The van der Waals surface area contributed by atoms with Crippen molar-refractivity contribution < 1.29 is 4.74 Å². The molecule has 1 atom stereocenters. The van der Waals surface area contributed by atoms with Crippen molar-refractivity contribution >= 4 is 34.6 Å². The summed E-state index contributed by atoms with van der Waals surface area (Å²) in [5.41, 5.74) is 13.2. The van der Waals surface area contributed by atoms with E-state index in [1.165, 1.54) is 0 Å². The average molecular weight is 297 g/mol. The lowest BCUT2D eigenvalue weighted by molar-refractivity contribution is 0.227. The molecule has 2 aromatic rings. The van der Waals surface area contributed by atoms with Crippen LogP contribution in [0.2, 0.25) is 10.0 Å². The van der Waals surface area contributed by atoms with Crippen LogP contribution in [0.4, 0.5) is 11.4 Å². The topological polar surface area (TPSA) is 61.3 Å². The van der Waals surface area contributed by atoms with Gasteiger partial charge in [0.25, 0.3) is 0 Å². The molecule has 0 bridgehead atoms. The Kier molecular flexibility index (Phi) is 4.08. The fourth-order valence-corrected chi connectivity index (χ4v) is 2.49. The summed E-state index contributed by atoms with van der Waals surface area (Å²) in [6.45, 7) is 1.87. The first-order valence-corrected chi connectivity index (χ1v) is 6.50. The van der Waals surface area contributed by atoms with Crippen LogP contribution in [-0.4, -0.2) is 0 Å². The third-order valence-electron chi connectivity index (χ3n) is 2.78. The maximum absolute atomic E-state index is 6.14.